The summed E-state index contributed by atoms with van der Waals surface area (Å²) in [6.07, 6.45) is 4.13. The molecule has 2 heterocycles. The summed E-state index contributed by atoms with van der Waals surface area (Å²) in [4.78, 5) is 26.9. The molecule has 1 saturated heterocycles. The Kier molecular flexibility index (Phi) is 4.09. The number of aryl methyl sites for hydroxylation is 1. The van der Waals surface area contributed by atoms with Crippen molar-refractivity contribution >= 4 is 11.7 Å². The standard InChI is InChI=1S/C18H20N2O2/c1-19-11-6-10-16(19)18(22)20-12-5-9-15(20)13-17(21)14-7-3-2-4-8-14/h2-4,6-8,10-11,15H,5,9,12-13H2,1H3/t15-/m0/s1. The van der Waals surface area contributed by atoms with Gasteiger partial charge in [-0.3, -0.25) is 9.59 Å². The Labute approximate surface area is 130 Å². The summed E-state index contributed by atoms with van der Waals surface area (Å²) in [7, 11) is 1.87. The van der Waals surface area contributed by atoms with Gasteiger partial charge in [0.2, 0.25) is 0 Å². The molecule has 4 nitrogen and oxygen atoms in total. The molecule has 1 aromatic heterocycles. The Morgan fingerprint density at radius 1 is 1.14 bits per heavy atom. The molecule has 0 bridgehead atoms. The second kappa shape index (κ2) is 6.18. The van der Waals surface area contributed by atoms with E-state index in [1.807, 2.05) is 65.2 Å². The minimum Gasteiger partial charge on any atom is -0.347 e. The second-order valence-electron chi connectivity index (χ2n) is 5.79. The van der Waals surface area contributed by atoms with Crippen molar-refractivity contribution in [2.45, 2.75) is 25.3 Å². The number of ketones is 1. The number of hydrogen-bond acceptors (Lipinski definition) is 2. The van der Waals surface area contributed by atoms with Gasteiger partial charge in [0.25, 0.3) is 5.91 Å². The molecule has 0 saturated carbocycles. The van der Waals surface area contributed by atoms with Gasteiger partial charge in [-0.2, -0.15) is 0 Å². The molecule has 1 aromatic carbocycles. The lowest BCUT2D eigenvalue weighted by Crippen LogP contribution is -2.37. The number of carbonyl (C=O) groups is 2. The highest BCUT2D eigenvalue weighted by atomic mass is 16.2. The SMILES string of the molecule is Cn1cccc1C(=O)N1CCC[C@H]1CC(=O)c1ccccc1. The van der Waals surface area contributed by atoms with Gasteiger partial charge in [0, 0.05) is 37.8 Å². The maximum absolute atomic E-state index is 12.7. The van der Waals surface area contributed by atoms with E-state index in [1.165, 1.54) is 0 Å². The van der Waals surface area contributed by atoms with Crippen LogP contribution in [0.5, 0.6) is 0 Å². The van der Waals surface area contributed by atoms with Crippen LogP contribution in [-0.4, -0.2) is 33.7 Å². The summed E-state index contributed by atoms with van der Waals surface area (Å²) in [5.74, 6) is 0.132. The molecule has 2 aromatic rings. The van der Waals surface area contributed by atoms with Crippen LogP contribution in [0.15, 0.2) is 48.7 Å². The molecule has 1 aliphatic heterocycles. The molecule has 3 rings (SSSR count). The molecule has 1 atom stereocenters. The predicted molar refractivity (Wildman–Crippen MR) is 84.9 cm³/mol. The molecule has 0 N–H and O–H groups in total. The normalized spacial score (nSPS) is 17.7. The third kappa shape index (κ3) is 2.82. The Morgan fingerprint density at radius 3 is 2.59 bits per heavy atom. The van der Waals surface area contributed by atoms with Crippen LogP contribution >= 0.6 is 0 Å². The lowest BCUT2D eigenvalue weighted by Gasteiger charge is -2.24. The summed E-state index contributed by atoms with van der Waals surface area (Å²) in [5, 5.41) is 0. The van der Waals surface area contributed by atoms with Crippen LogP contribution in [0.25, 0.3) is 0 Å². The average Bonchev–Trinajstić information content (AvgIpc) is 3.16. The van der Waals surface area contributed by atoms with E-state index in [2.05, 4.69) is 0 Å². The van der Waals surface area contributed by atoms with Gasteiger partial charge in [-0.1, -0.05) is 30.3 Å². The molecule has 0 aliphatic carbocycles. The number of benzene rings is 1. The first kappa shape index (κ1) is 14.6. The molecule has 114 valence electrons. The quantitative estimate of drug-likeness (QED) is 0.814. The highest BCUT2D eigenvalue weighted by Gasteiger charge is 2.31. The van der Waals surface area contributed by atoms with E-state index in [4.69, 9.17) is 0 Å². The van der Waals surface area contributed by atoms with Crippen LogP contribution in [0.4, 0.5) is 0 Å². The topological polar surface area (TPSA) is 42.3 Å². The highest BCUT2D eigenvalue weighted by molar-refractivity contribution is 5.97. The number of Topliss-reactive ketones (excluding diaryl/α,β-unsaturated/α-hetero) is 1. The zero-order valence-corrected chi connectivity index (χ0v) is 12.7. The Balaban J connectivity index is 1.72. The van der Waals surface area contributed by atoms with E-state index in [9.17, 15) is 9.59 Å². The Morgan fingerprint density at radius 2 is 1.91 bits per heavy atom. The highest BCUT2D eigenvalue weighted by Crippen LogP contribution is 2.24. The Hall–Kier alpha value is -2.36. The van der Waals surface area contributed by atoms with Crippen LogP contribution < -0.4 is 0 Å². The van der Waals surface area contributed by atoms with Crippen molar-refractivity contribution in [3.8, 4) is 0 Å². The summed E-state index contributed by atoms with van der Waals surface area (Å²) in [6.45, 7) is 0.733. The monoisotopic (exact) mass is 296 g/mol. The van der Waals surface area contributed by atoms with Crippen molar-refractivity contribution in [2.75, 3.05) is 6.54 Å². The molecule has 1 fully saturated rings. The van der Waals surface area contributed by atoms with E-state index in [0.29, 0.717) is 12.1 Å². The third-order valence-corrected chi connectivity index (χ3v) is 4.32. The van der Waals surface area contributed by atoms with E-state index < -0.39 is 0 Å². The van der Waals surface area contributed by atoms with E-state index >= 15 is 0 Å². The molecule has 1 amide bonds. The lowest BCUT2D eigenvalue weighted by atomic mass is 10.0. The smallest absolute Gasteiger partial charge is 0.270 e. The van der Waals surface area contributed by atoms with Crippen LogP contribution in [0, 0.1) is 0 Å². The lowest BCUT2D eigenvalue weighted by molar-refractivity contribution is 0.0708. The van der Waals surface area contributed by atoms with Gasteiger partial charge < -0.3 is 9.47 Å². The molecule has 22 heavy (non-hydrogen) atoms. The summed E-state index contributed by atoms with van der Waals surface area (Å²) < 4.78 is 1.83. The first-order chi connectivity index (χ1) is 10.7. The third-order valence-electron chi connectivity index (χ3n) is 4.32. The number of carbonyl (C=O) groups excluding carboxylic acids is 2. The fourth-order valence-electron chi connectivity index (χ4n) is 3.10. The zero-order chi connectivity index (χ0) is 15.5. The van der Waals surface area contributed by atoms with Gasteiger partial charge in [0.15, 0.2) is 5.78 Å². The minimum absolute atomic E-state index is 0.00936. The molecular formula is C18H20N2O2. The molecule has 4 heteroatoms. The van der Waals surface area contributed by atoms with Gasteiger partial charge in [-0.05, 0) is 25.0 Å². The van der Waals surface area contributed by atoms with Crippen LogP contribution in [0.1, 0.15) is 40.1 Å². The van der Waals surface area contributed by atoms with E-state index in [0.717, 1.165) is 24.9 Å². The molecule has 1 aliphatic rings. The number of hydrogen-bond donors (Lipinski definition) is 0. The number of aromatic nitrogens is 1. The molecule has 0 spiro atoms. The first-order valence-corrected chi connectivity index (χ1v) is 7.67. The number of amides is 1. The number of rotatable bonds is 4. The summed E-state index contributed by atoms with van der Waals surface area (Å²) >= 11 is 0. The van der Waals surface area contributed by atoms with Crippen molar-refractivity contribution in [3.63, 3.8) is 0 Å². The summed E-state index contributed by atoms with van der Waals surface area (Å²) in [5.41, 5.74) is 1.40. The van der Waals surface area contributed by atoms with Gasteiger partial charge in [0.1, 0.15) is 5.69 Å². The Bertz CT molecular complexity index is 675. The van der Waals surface area contributed by atoms with E-state index in [-0.39, 0.29) is 17.7 Å². The summed E-state index contributed by atoms with van der Waals surface area (Å²) in [6, 6.07) is 13.0. The average molecular weight is 296 g/mol. The fourth-order valence-corrected chi connectivity index (χ4v) is 3.10. The van der Waals surface area contributed by atoms with Gasteiger partial charge in [-0.15, -0.1) is 0 Å². The fraction of sp³-hybridized carbons (Fsp3) is 0.333. The predicted octanol–water partition coefficient (Wildman–Crippen LogP) is 2.90. The van der Waals surface area contributed by atoms with E-state index in [1.54, 1.807) is 0 Å². The van der Waals surface area contributed by atoms with Crippen molar-refractivity contribution < 1.29 is 9.59 Å². The number of likely N-dealkylation sites (tertiary alicyclic amines) is 1. The minimum atomic E-state index is 0.00936. The van der Waals surface area contributed by atoms with Crippen molar-refractivity contribution in [2.24, 2.45) is 7.05 Å². The van der Waals surface area contributed by atoms with Crippen molar-refractivity contribution in [1.82, 2.24) is 9.47 Å². The zero-order valence-electron chi connectivity index (χ0n) is 12.7. The largest absolute Gasteiger partial charge is 0.347 e. The number of nitrogens with zero attached hydrogens (tertiary/aromatic N) is 2. The van der Waals surface area contributed by atoms with Crippen LogP contribution in [0.3, 0.4) is 0 Å². The van der Waals surface area contributed by atoms with Gasteiger partial charge in [0.05, 0.1) is 0 Å². The van der Waals surface area contributed by atoms with Gasteiger partial charge in [-0.25, -0.2) is 0 Å². The molecule has 0 unspecified atom stereocenters. The maximum atomic E-state index is 12.7. The van der Waals surface area contributed by atoms with Crippen LogP contribution in [0.2, 0.25) is 0 Å². The van der Waals surface area contributed by atoms with Crippen LogP contribution in [-0.2, 0) is 7.05 Å². The van der Waals surface area contributed by atoms with Crippen molar-refractivity contribution in [1.29, 1.82) is 0 Å². The molecular weight excluding hydrogens is 276 g/mol. The van der Waals surface area contributed by atoms with Crippen molar-refractivity contribution in [3.05, 3.63) is 59.9 Å². The first-order valence-electron chi connectivity index (χ1n) is 7.67. The second-order valence-corrected chi connectivity index (χ2v) is 5.79. The van der Waals surface area contributed by atoms with Gasteiger partial charge >= 0.3 is 0 Å². The molecule has 0 radical (unpaired) electrons. The maximum Gasteiger partial charge on any atom is 0.270 e.